The predicted molar refractivity (Wildman–Crippen MR) is 90.7 cm³/mol. The first-order valence-corrected chi connectivity index (χ1v) is 7.48. The maximum atomic E-state index is 10.8. The van der Waals surface area contributed by atoms with Crippen LogP contribution in [0.2, 0.25) is 5.02 Å². The molecule has 4 N–H and O–H groups in total. The van der Waals surface area contributed by atoms with Crippen LogP contribution >= 0.6 is 11.6 Å². The number of halogens is 1. The molecule has 0 saturated carbocycles. The Labute approximate surface area is 134 Å². The lowest BCUT2D eigenvalue weighted by Crippen LogP contribution is -2.10. The quantitative estimate of drug-likeness (QED) is 0.693. The Morgan fingerprint density at radius 2 is 1.95 bits per heavy atom. The normalized spacial score (nSPS) is 11.9. The highest BCUT2D eigenvalue weighted by Gasteiger charge is 2.10. The third kappa shape index (κ3) is 4.15. The third-order valence-corrected chi connectivity index (χ3v) is 3.87. The van der Waals surface area contributed by atoms with E-state index in [0.717, 1.165) is 17.7 Å². The Morgan fingerprint density at radius 1 is 1.27 bits per heavy atom. The fourth-order valence-corrected chi connectivity index (χ4v) is 2.31. The number of carboxylic acid groups (broad SMARTS) is 1. The number of aliphatic carboxylic acids is 1. The van der Waals surface area contributed by atoms with Crippen LogP contribution in [0.5, 0.6) is 0 Å². The highest BCUT2D eigenvalue weighted by atomic mass is 35.5. The summed E-state index contributed by atoms with van der Waals surface area (Å²) in [5.74, 6) is -1.09. The zero-order chi connectivity index (χ0) is 16.1. The molecule has 116 valence electrons. The minimum Gasteiger partial charge on any atom is -0.481 e. The highest BCUT2D eigenvalue weighted by molar-refractivity contribution is 6.34. The molecule has 0 fully saturated rings. The maximum absolute atomic E-state index is 10.8. The van der Waals surface area contributed by atoms with E-state index in [0.29, 0.717) is 22.8 Å². The molecular weight excluding hydrogens is 300 g/mol. The monoisotopic (exact) mass is 318 g/mol. The van der Waals surface area contributed by atoms with Gasteiger partial charge in [0.1, 0.15) is 0 Å². The molecule has 0 aromatic heterocycles. The predicted octanol–water partition coefficient (Wildman–Crippen LogP) is 4.32. The number of hydrogen-bond acceptors (Lipinski definition) is 3. The van der Waals surface area contributed by atoms with Crippen molar-refractivity contribution in [2.24, 2.45) is 5.92 Å². The van der Waals surface area contributed by atoms with Gasteiger partial charge in [0.05, 0.1) is 22.3 Å². The van der Waals surface area contributed by atoms with E-state index in [1.807, 2.05) is 24.3 Å². The number of anilines is 3. The van der Waals surface area contributed by atoms with Crippen molar-refractivity contribution in [2.75, 3.05) is 11.1 Å². The number of nitrogen functional groups attached to an aromatic ring is 1. The topological polar surface area (TPSA) is 75.3 Å². The molecule has 0 bridgehead atoms. The van der Waals surface area contributed by atoms with Gasteiger partial charge in [-0.3, -0.25) is 4.79 Å². The molecule has 1 atom stereocenters. The first-order valence-electron chi connectivity index (χ1n) is 7.10. The van der Waals surface area contributed by atoms with E-state index in [9.17, 15) is 4.79 Å². The van der Waals surface area contributed by atoms with Gasteiger partial charge in [-0.1, -0.05) is 36.7 Å². The molecule has 1 unspecified atom stereocenters. The van der Waals surface area contributed by atoms with Gasteiger partial charge in [0.15, 0.2) is 0 Å². The second kappa shape index (κ2) is 7.18. The summed E-state index contributed by atoms with van der Waals surface area (Å²) in [5, 5.41) is 12.7. The van der Waals surface area contributed by atoms with Crippen molar-refractivity contribution in [3.05, 3.63) is 53.1 Å². The fourth-order valence-electron chi connectivity index (χ4n) is 2.08. The average Bonchev–Trinajstić information content (AvgIpc) is 2.49. The lowest BCUT2D eigenvalue weighted by Gasteiger charge is -2.12. The Bertz CT molecular complexity index is 636. The van der Waals surface area contributed by atoms with E-state index in [2.05, 4.69) is 5.32 Å². The maximum Gasteiger partial charge on any atom is 0.306 e. The summed E-state index contributed by atoms with van der Waals surface area (Å²) < 4.78 is 0. The van der Waals surface area contributed by atoms with Gasteiger partial charge in [-0.15, -0.1) is 0 Å². The summed E-state index contributed by atoms with van der Waals surface area (Å²) in [5.41, 5.74) is 9.17. The number of nitrogens with two attached hydrogens (primary N) is 1. The molecule has 4 nitrogen and oxygen atoms in total. The van der Waals surface area contributed by atoms with E-state index in [1.165, 1.54) is 0 Å². The van der Waals surface area contributed by atoms with E-state index in [-0.39, 0.29) is 5.92 Å². The van der Waals surface area contributed by atoms with Gasteiger partial charge in [0.2, 0.25) is 0 Å². The van der Waals surface area contributed by atoms with Crippen molar-refractivity contribution in [1.29, 1.82) is 0 Å². The van der Waals surface area contributed by atoms with Crippen molar-refractivity contribution in [1.82, 2.24) is 0 Å². The van der Waals surface area contributed by atoms with Crippen LogP contribution < -0.4 is 11.1 Å². The summed E-state index contributed by atoms with van der Waals surface area (Å²) in [6.07, 6.45) is 1.36. The number of carbonyl (C=O) groups is 1. The zero-order valence-electron chi connectivity index (χ0n) is 12.3. The van der Waals surface area contributed by atoms with E-state index in [4.69, 9.17) is 22.4 Å². The third-order valence-electron chi connectivity index (χ3n) is 3.56. The molecule has 0 saturated heterocycles. The van der Waals surface area contributed by atoms with Crippen LogP contribution in [-0.4, -0.2) is 11.1 Å². The first kappa shape index (κ1) is 16.2. The SMILES string of the molecule is CC(CCc1ccc(Nc2c(N)cccc2Cl)cc1)C(=O)O. The van der Waals surface area contributed by atoms with Crippen LogP contribution in [0, 0.1) is 5.92 Å². The van der Waals surface area contributed by atoms with Crippen LogP contribution in [0.15, 0.2) is 42.5 Å². The molecule has 22 heavy (non-hydrogen) atoms. The summed E-state index contributed by atoms with van der Waals surface area (Å²) in [7, 11) is 0. The van der Waals surface area contributed by atoms with Crippen molar-refractivity contribution in [3.63, 3.8) is 0 Å². The summed E-state index contributed by atoms with van der Waals surface area (Å²) in [6, 6.07) is 13.2. The first-order chi connectivity index (χ1) is 10.5. The van der Waals surface area contributed by atoms with Gasteiger partial charge in [-0.2, -0.15) is 0 Å². The van der Waals surface area contributed by atoms with Crippen LogP contribution in [0.4, 0.5) is 17.1 Å². The largest absolute Gasteiger partial charge is 0.481 e. The van der Waals surface area contributed by atoms with Crippen molar-refractivity contribution < 1.29 is 9.90 Å². The molecule has 0 spiro atoms. The number of benzene rings is 2. The number of nitrogens with one attached hydrogen (secondary N) is 1. The minimum atomic E-state index is -0.757. The molecule has 0 aliphatic rings. The van der Waals surface area contributed by atoms with Crippen LogP contribution in [0.1, 0.15) is 18.9 Å². The van der Waals surface area contributed by atoms with Crippen molar-refractivity contribution in [2.45, 2.75) is 19.8 Å². The Kier molecular flexibility index (Phi) is 5.28. The standard InChI is InChI=1S/C17H19ClN2O2/c1-11(17(21)22)5-6-12-7-9-13(10-8-12)20-16-14(18)3-2-4-15(16)19/h2-4,7-11,20H,5-6,19H2,1H3,(H,21,22). The van der Waals surface area contributed by atoms with E-state index < -0.39 is 5.97 Å². The zero-order valence-corrected chi connectivity index (χ0v) is 13.1. The summed E-state index contributed by atoms with van der Waals surface area (Å²) in [6.45, 7) is 1.72. The highest BCUT2D eigenvalue weighted by Crippen LogP contribution is 2.31. The Hall–Kier alpha value is -2.20. The minimum absolute atomic E-state index is 0.333. The lowest BCUT2D eigenvalue weighted by molar-refractivity contribution is -0.141. The Morgan fingerprint density at radius 3 is 2.55 bits per heavy atom. The summed E-state index contributed by atoms with van der Waals surface area (Å²) in [4.78, 5) is 10.8. The summed E-state index contributed by atoms with van der Waals surface area (Å²) >= 11 is 6.13. The number of rotatable bonds is 6. The number of para-hydroxylation sites is 1. The van der Waals surface area contributed by atoms with Gasteiger partial charge >= 0.3 is 5.97 Å². The molecular formula is C17H19ClN2O2. The molecule has 0 amide bonds. The smallest absolute Gasteiger partial charge is 0.306 e. The molecule has 0 heterocycles. The van der Waals surface area contributed by atoms with E-state index >= 15 is 0 Å². The molecule has 0 aliphatic carbocycles. The van der Waals surface area contributed by atoms with Gasteiger partial charge in [-0.25, -0.2) is 0 Å². The molecule has 5 heteroatoms. The van der Waals surface area contributed by atoms with Crippen molar-refractivity contribution in [3.8, 4) is 0 Å². The molecule has 0 radical (unpaired) electrons. The average molecular weight is 319 g/mol. The number of carboxylic acids is 1. The molecule has 0 aliphatic heterocycles. The van der Waals surface area contributed by atoms with Crippen LogP contribution in [-0.2, 0) is 11.2 Å². The van der Waals surface area contributed by atoms with Gasteiger partial charge in [-0.05, 0) is 42.7 Å². The van der Waals surface area contributed by atoms with Crippen LogP contribution in [0.3, 0.4) is 0 Å². The molecule has 2 rings (SSSR count). The lowest BCUT2D eigenvalue weighted by atomic mass is 10.0. The number of aryl methyl sites for hydroxylation is 1. The van der Waals surface area contributed by atoms with Crippen molar-refractivity contribution >= 4 is 34.6 Å². The van der Waals surface area contributed by atoms with Crippen LogP contribution in [0.25, 0.3) is 0 Å². The fraction of sp³-hybridized carbons (Fsp3) is 0.235. The molecule has 2 aromatic carbocycles. The van der Waals surface area contributed by atoms with Gasteiger partial charge < -0.3 is 16.2 Å². The Balaban J connectivity index is 2.02. The number of hydrogen-bond donors (Lipinski definition) is 3. The van der Waals surface area contributed by atoms with Gasteiger partial charge in [0.25, 0.3) is 0 Å². The van der Waals surface area contributed by atoms with Gasteiger partial charge in [0, 0.05) is 5.69 Å². The molecule has 2 aromatic rings. The second-order valence-corrected chi connectivity index (χ2v) is 5.71. The van der Waals surface area contributed by atoms with E-state index in [1.54, 1.807) is 25.1 Å². The second-order valence-electron chi connectivity index (χ2n) is 5.30.